The van der Waals surface area contributed by atoms with Gasteiger partial charge >= 0.3 is 0 Å². The summed E-state index contributed by atoms with van der Waals surface area (Å²) < 4.78 is 30.7. The van der Waals surface area contributed by atoms with Crippen molar-refractivity contribution in [2.24, 2.45) is 0 Å². The van der Waals surface area contributed by atoms with Gasteiger partial charge in [0, 0.05) is 17.7 Å². The van der Waals surface area contributed by atoms with Gasteiger partial charge in [0.25, 0.3) is 5.91 Å². The molecule has 0 fully saturated rings. The molecule has 1 aliphatic rings. The Morgan fingerprint density at radius 3 is 2.57 bits per heavy atom. The number of hydrogen-bond donors (Lipinski definition) is 1. The van der Waals surface area contributed by atoms with Crippen LogP contribution in [0.25, 0.3) is 0 Å². The first-order valence-corrected chi connectivity index (χ1v) is 11.4. The smallest absolute Gasteiger partial charge is 0.268 e. The normalized spacial score (nSPS) is 14.7. The van der Waals surface area contributed by atoms with Crippen LogP contribution in [0.5, 0.6) is 17.2 Å². The minimum Gasteiger partial charge on any atom is -0.497 e. The van der Waals surface area contributed by atoms with E-state index in [1.807, 2.05) is 24.3 Å². The van der Waals surface area contributed by atoms with Crippen LogP contribution in [-0.4, -0.2) is 31.6 Å². The Labute approximate surface area is 203 Å². The summed E-state index contributed by atoms with van der Waals surface area (Å²) in [5.41, 5.74) is 1.40. The molecular weight excluding hydrogens is 451 g/mol. The Balaban J connectivity index is 1.37. The molecule has 182 valence electrons. The van der Waals surface area contributed by atoms with E-state index in [2.05, 4.69) is 5.32 Å². The van der Waals surface area contributed by atoms with Crippen LogP contribution in [0, 0.1) is 5.82 Å². The second-order valence-corrected chi connectivity index (χ2v) is 8.13. The summed E-state index contributed by atoms with van der Waals surface area (Å²) in [5.74, 6) is 1.10. The maximum atomic E-state index is 14.2. The van der Waals surface area contributed by atoms with Crippen LogP contribution in [0.3, 0.4) is 0 Å². The molecular formula is C27H27FN2O5. The highest BCUT2D eigenvalue weighted by molar-refractivity contribution is 6.01. The monoisotopic (exact) mass is 478 g/mol. The number of rotatable bonds is 9. The van der Waals surface area contributed by atoms with Crippen molar-refractivity contribution >= 4 is 23.2 Å². The Kier molecular flexibility index (Phi) is 7.50. The molecule has 1 N–H and O–H groups in total. The third-order valence-corrected chi connectivity index (χ3v) is 5.61. The Hall–Kier alpha value is -4.07. The number of fused-ring (bicyclic) bond motifs is 1. The molecule has 0 aromatic heterocycles. The third-order valence-electron chi connectivity index (χ3n) is 5.61. The molecule has 0 aliphatic carbocycles. The SMILES string of the molecule is COc1ccc(OCCCC(=O)Nc2ccc3c(c2)N(Cc2ccccc2F)C(=O)C(C)O3)cc1. The van der Waals surface area contributed by atoms with Crippen molar-refractivity contribution in [1.82, 2.24) is 0 Å². The molecule has 0 saturated heterocycles. The second kappa shape index (κ2) is 10.9. The fourth-order valence-corrected chi connectivity index (χ4v) is 3.76. The number of carbonyl (C=O) groups excluding carboxylic acids is 2. The molecule has 1 aliphatic heterocycles. The predicted octanol–water partition coefficient (Wildman–Crippen LogP) is 4.95. The highest BCUT2D eigenvalue weighted by Crippen LogP contribution is 2.37. The van der Waals surface area contributed by atoms with Gasteiger partial charge in [-0.1, -0.05) is 18.2 Å². The average Bonchev–Trinajstić information content (AvgIpc) is 2.86. The quantitative estimate of drug-likeness (QED) is 0.441. The summed E-state index contributed by atoms with van der Waals surface area (Å²) in [7, 11) is 1.60. The average molecular weight is 479 g/mol. The number of amides is 2. The molecule has 0 radical (unpaired) electrons. The van der Waals surface area contributed by atoms with E-state index >= 15 is 0 Å². The summed E-state index contributed by atoms with van der Waals surface area (Å²) in [6.45, 7) is 2.11. The molecule has 0 bridgehead atoms. The zero-order valence-electron chi connectivity index (χ0n) is 19.6. The molecule has 2 amide bonds. The van der Waals surface area contributed by atoms with E-state index in [0.717, 1.165) is 5.75 Å². The van der Waals surface area contributed by atoms with Crippen molar-refractivity contribution < 1.29 is 28.2 Å². The van der Waals surface area contributed by atoms with Crippen LogP contribution >= 0.6 is 0 Å². The Morgan fingerprint density at radius 2 is 1.83 bits per heavy atom. The van der Waals surface area contributed by atoms with Gasteiger partial charge in [0.05, 0.1) is 25.9 Å². The van der Waals surface area contributed by atoms with Crippen LogP contribution in [0.15, 0.2) is 66.7 Å². The van der Waals surface area contributed by atoms with Gasteiger partial charge in [-0.15, -0.1) is 0 Å². The van der Waals surface area contributed by atoms with Crippen LogP contribution < -0.4 is 24.4 Å². The van der Waals surface area contributed by atoms with Crippen molar-refractivity contribution in [2.45, 2.75) is 32.4 Å². The van der Waals surface area contributed by atoms with Gasteiger partial charge in [-0.2, -0.15) is 0 Å². The van der Waals surface area contributed by atoms with E-state index < -0.39 is 6.10 Å². The maximum Gasteiger partial charge on any atom is 0.268 e. The van der Waals surface area contributed by atoms with Gasteiger partial charge in [0.15, 0.2) is 6.10 Å². The summed E-state index contributed by atoms with van der Waals surface area (Å²) >= 11 is 0. The van der Waals surface area contributed by atoms with Crippen LogP contribution in [-0.2, 0) is 16.1 Å². The van der Waals surface area contributed by atoms with Crippen molar-refractivity contribution in [3.8, 4) is 17.2 Å². The number of benzene rings is 3. The molecule has 0 spiro atoms. The highest BCUT2D eigenvalue weighted by Gasteiger charge is 2.32. The molecule has 4 rings (SSSR count). The molecule has 3 aromatic carbocycles. The number of hydrogen-bond acceptors (Lipinski definition) is 5. The number of nitrogens with one attached hydrogen (secondary N) is 1. The van der Waals surface area contributed by atoms with E-state index in [9.17, 15) is 14.0 Å². The van der Waals surface area contributed by atoms with Gasteiger partial charge in [0.2, 0.25) is 5.91 Å². The molecule has 8 heteroatoms. The van der Waals surface area contributed by atoms with E-state index in [-0.39, 0.29) is 30.6 Å². The van der Waals surface area contributed by atoms with E-state index in [1.54, 1.807) is 50.4 Å². The fraction of sp³-hybridized carbons (Fsp3) is 0.259. The number of methoxy groups -OCH3 is 1. The lowest BCUT2D eigenvalue weighted by molar-refractivity contribution is -0.125. The molecule has 0 saturated carbocycles. The summed E-state index contributed by atoms with van der Waals surface area (Å²) in [6.07, 6.45) is 0.0976. The number of halogens is 1. The third kappa shape index (κ3) is 5.90. The first-order valence-electron chi connectivity index (χ1n) is 11.4. The van der Waals surface area contributed by atoms with E-state index in [1.165, 1.54) is 11.0 Å². The molecule has 3 aromatic rings. The number of anilines is 2. The van der Waals surface area contributed by atoms with Gasteiger partial charge in [-0.3, -0.25) is 9.59 Å². The van der Waals surface area contributed by atoms with Crippen LogP contribution in [0.2, 0.25) is 0 Å². The number of carbonyl (C=O) groups is 2. The Morgan fingerprint density at radius 1 is 1.09 bits per heavy atom. The van der Waals surface area contributed by atoms with Gasteiger partial charge in [-0.05, 0) is 61.9 Å². The lowest BCUT2D eigenvalue weighted by Gasteiger charge is -2.33. The highest BCUT2D eigenvalue weighted by atomic mass is 19.1. The number of nitrogens with zero attached hydrogens (tertiary/aromatic N) is 1. The Bertz CT molecular complexity index is 1200. The minimum atomic E-state index is -0.694. The van der Waals surface area contributed by atoms with Crippen molar-refractivity contribution in [3.63, 3.8) is 0 Å². The van der Waals surface area contributed by atoms with Gasteiger partial charge in [-0.25, -0.2) is 4.39 Å². The first-order chi connectivity index (χ1) is 16.9. The standard InChI is InChI=1S/C27H27FN2O5/c1-18-27(32)30(17-19-6-3-4-7-23(19)28)24-16-20(9-14-25(24)35-18)29-26(31)8-5-15-34-22-12-10-21(33-2)11-13-22/h3-4,6-7,9-14,16,18H,5,8,15,17H2,1-2H3,(H,29,31). The number of ether oxygens (including phenoxy) is 3. The van der Waals surface area contributed by atoms with Crippen LogP contribution in [0.1, 0.15) is 25.3 Å². The second-order valence-electron chi connectivity index (χ2n) is 8.13. The van der Waals surface area contributed by atoms with Crippen LogP contribution in [0.4, 0.5) is 15.8 Å². The fourth-order valence-electron chi connectivity index (χ4n) is 3.76. The van der Waals surface area contributed by atoms with Gasteiger partial charge in [0.1, 0.15) is 23.1 Å². The molecule has 1 heterocycles. The molecule has 35 heavy (non-hydrogen) atoms. The summed E-state index contributed by atoms with van der Waals surface area (Å²) in [5, 5.41) is 2.85. The summed E-state index contributed by atoms with van der Waals surface area (Å²) in [6, 6.07) is 18.7. The van der Waals surface area contributed by atoms with Crippen molar-refractivity contribution in [1.29, 1.82) is 0 Å². The maximum absolute atomic E-state index is 14.2. The molecule has 7 nitrogen and oxygen atoms in total. The lowest BCUT2D eigenvalue weighted by atomic mass is 10.1. The molecule has 1 unspecified atom stereocenters. The topological polar surface area (TPSA) is 77.1 Å². The lowest BCUT2D eigenvalue weighted by Crippen LogP contribution is -2.44. The van der Waals surface area contributed by atoms with E-state index in [4.69, 9.17) is 14.2 Å². The molecule has 1 atom stereocenters. The first kappa shape index (κ1) is 24.1. The largest absolute Gasteiger partial charge is 0.497 e. The van der Waals surface area contributed by atoms with Crippen molar-refractivity contribution in [3.05, 3.63) is 78.1 Å². The van der Waals surface area contributed by atoms with Crippen molar-refractivity contribution in [2.75, 3.05) is 23.9 Å². The van der Waals surface area contributed by atoms with E-state index in [0.29, 0.717) is 41.5 Å². The minimum absolute atomic E-state index is 0.0618. The summed E-state index contributed by atoms with van der Waals surface area (Å²) in [4.78, 5) is 26.8. The zero-order chi connectivity index (χ0) is 24.8. The zero-order valence-corrected chi connectivity index (χ0v) is 19.6. The van der Waals surface area contributed by atoms with Gasteiger partial charge < -0.3 is 24.4 Å². The predicted molar refractivity (Wildman–Crippen MR) is 130 cm³/mol.